The molecular weight excluding hydrogens is 411 g/mol. The van der Waals surface area contributed by atoms with Crippen LogP contribution in [0.2, 0.25) is 10.0 Å². The molecule has 0 aromatic heterocycles. The van der Waals surface area contributed by atoms with E-state index >= 15 is 0 Å². The van der Waals surface area contributed by atoms with Crippen LogP contribution in [0.15, 0.2) is 18.2 Å². The molecule has 0 radical (unpaired) electrons. The molecule has 162 valence electrons. The largest absolute Gasteiger partial charge is 0.339 e. The Labute approximate surface area is 184 Å². The summed E-state index contributed by atoms with van der Waals surface area (Å²) in [4.78, 5) is 33.4. The van der Waals surface area contributed by atoms with E-state index in [1.165, 1.54) is 0 Å². The van der Waals surface area contributed by atoms with Crippen LogP contribution >= 0.6 is 23.2 Å². The van der Waals surface area contributed by atoms with E-state index in [1.54, 1.807) is 23.1 Å². The normalized spacial score (nSPS) is 18.2. The Morgan fingerprint density at radius 3 is 1.93 bits per heavy atom. The molecule has 0 N–H and O–H groups in total. The lowest BCUT2D eigenvalue weighted by Crippen LogP contribution is -2.54. The minimum atomic E-state index is -0.0461. The summed E-state index contributed by atoms with van der Waals surface area (Å²) in [6.07, 6.45) is 0. The summed E-state index contributed by atoms with van der Waals surface area (Å²) in [5, 5.41) is 0.825. The van der Waals surface area contributed by atoms with Gasteiger partial charge in [-0.1, -0.05) is 44.0 Å². The SMILES string of the molecule is CC.CCN1CCN(C(=O)CN2CCN(C(=O)c3ccc(Cl)c(Cl)c3)CC2)CC1. The van der Waals surface area contributed by atoms with Crippen molar-refractivity contribution in [3.63, 3.8) is 0 Å². The summed E-state index contributed by atoms with van der Waals surface area (Å²) >= 11 is 11.9. The van der Waals surface area contributed by atoms with Gasteiger partial charge in [0.1, 0.15) is 0 Å². The molecule has 6 nitrogen and oxygen atoms in total. The molecule has 1 aromatic carbocycles. The topological polar surface area (TPSA) is 47.1 Å². The molecule has 2 aliphatic rings. The van der Waals surface area contributed by atoms with Gasteiger partial charge in [-0.15, -0.1) is 0 Å². The highest BCUT2D eigenvalue weighted by Gasteiger charge is 2.26. The predicted octanol–water partition coefficient (Wildman–Crippen LogP) is 2.94. The number of nitrogens with zero attached hydrogens (tertiary/aromatic N) is 4. The van der Waals surface area contributed by atoms with Crippen molar-refractivity contribution in [3.05, 3.63) is 33.8 Å². The van der Waals surface area contributed by atoms with Gasteiger partial charge in [0.05, 0.1) is 16.6 Å². The number of carbonyl (C=O) groups excluding carboxylic acids is 2. The zero-order chi connectivity index (χ0) is 21.4. The van der Waals surface area contributed by atoms with E-state index in [2.05, 4.69) is 16.7 Å². The number of carbonyl (C=O) groups is 2. The van der Waals surface area contributed by atoms with E-state index in [1.807, 2.05) is 18.7 Å². The molecule has 2 amide bonds. The first kappa shape index (κ1) is 23.9. The summed E-state index contributed by atoms with van der Waals surface area (Å²) < 4.78 is 0. The lowest BCUT2D eigenvalue weighted by atomic mass is 10.2. The molecular formula is C21H32Cl2N4O2. The van der Waals surface area contributed by atoms with Crippen LogP contribution in [0.3, 0.4) is 0 Å². The third kappa shape index (κ3) is 6.57. The lowest BCUT2D eigenvalue weighted by Gasteiger charge is -2.37. The molecule has 2 heterocycles. The fourth-order valence-electron chi connectivity index (χ4n) is 3.53. The first-order chi connectivity index (χ1) is 14.0. The van der Waals surface area contributed by atoms with Gasteiger partial charge in [0, 0.05) is 57.9 Å². The molecule has 3 rings (SSSR count). The molecule has 2 aliphatic heterocycles. The monoisotopic (exact) mass is 442 g/mol. The van der Waals surface area contributed by atoms with Gasteiger partial charge < -0.3 is 14.7 Å². The molecule has 0 bridgehead atoms. The van der Waals surface area contributed by atoms with Gasteiger partial charge in [-0.25, -0.2) is 0 Å². The van der Waals surface area contributed by atoms with Crippen molar-refractivity contribution in [3.8, 4) is 0 Å². The van der Waals surface area contributed by atoms with Crippen molar-refractivity contribution in [1.82, 2.24) is 19.6 Å². The van der Waals surface area contributed by atoms with E-state index in [9.17, 15) is 9.59 Å². The van der Waals surface area contributed by atoms with Crippen LogP contribution in [-0.4, -0.2) is 96.9 Å². The zero-order valence-corrected chi connectivity index (χ0v) is 19.2. The minimum Gasteiger partial charge on any atom is -0.339 e. The second-order valence-electron chi connectivity index (χ2n) is 7.01. The second kappa shape index (κ2) is 11.7. The highest BCUT2D eigenvalue weighted by Crippen LogP contribution is 2.23. The third-order valence-corrected chi connectivity index (χ3v) is 6.10. The lowest BCUT2D eigenvalue weighted by molar-refractivity contribution is -0.134. The van der Waals surface area contributed by atoms with Gasteiger partial charge in [0.15, 0.2) is 0 Å². The van der Waals surface area contributed by atoms with Crippen LogP contribution in [0.5, 0.6) is 0 Å². The maximum Gasteiger partial charge on any atom is 0.253 e. The average molecular weight is 443 g/mol. The van der Waals surface area contributed by atoms with E-state index in [4.69, 9.17) is 23.2 Å². The standard InChI is InChI=1S/C19H26Cl2N4O2.C2H6/c1-2-22-5-9-24(10-6-22)18(26)14-23-7-11-25(12-8-23)19(27)15-3-4-16(20)17(21)13-15;1-2/h3-4,13H,2,5-12,14H2,1H3;1-2H3. The van der Waals surface area contributed by atoms with Crippen molar-refractivity contribution in [2.75, 3.05) is 65.4 Å². The number of rotatable bonds is 4. The molecule has 0 aliphatic carbocycles. The number of hydrogen-bond donors (Lipinski definition) is 0. The molecule has 0 atom stereocenters. The maximum absolute atomic E-state index is 12.6. The predicted molar refractivity (Wildman–Crippen MR) is 119 cm³/mol. The summed E-state index contributed by atoms with van der Waals surface area (Å²) in [6.45, 7) is 13.8. The van der Waals surface area contributed by atoms with Crippen molar-refractivity contribution < 1.29 is 9.59 Å². The molecule has 0 spiro atoms. The quantitative estimate of drug-likeness (QED) is 0.718. The van der Waals surface area contributed by atoms with Crippen molar-refractivity contribution in [1.29, 1.82) is 0 Å². The van der Waals surface area contributed by atoms with Gasteiger partial charge in [-0.05, 0) is 24.7 Å². The Balaban J connectivity index is 0.00000145. The second-order valence-corrected chi connectivity index (χ2v) is 7.83. The van der Waals surface area contributed by atoms with Gasteiger partial charge in [0.25, 0.3) is 5.91 Å². The first-order valence-corrected chi connectivity index (χ1v) is 11.2. The number of piperazine rings is 2. The fraction of sp³-hybridized carbons (Fsp3) is 0.619. The van der Waals surface area contributed by atoms with Crippen LogP contribution in [-0.2, 0) is 4.79 Å². The van der Waals surface area contributed by atoms with Gasteiger partial charge in [0.2, 0.25) is 5.91 Å². The molecule has 8 heteroatoms. The number of amides is 2. The van der Waals surface area contributed by atoms with E-state index < -0.39 is 0 Å². The number of halogens is 2. The number of likely N-dealkylation sites (N-methyl/N-ethyl adjacent to an activating group) is 1. The van der Waals surface area contributed by atoms with Crippen LogP contribution < -0.4 is 0 Å². The van der Waals surface area contributed by atoms with Gasteiger partial charge in [-0.2, -0.15) is 0 Å². The summed E-state index contributed by atoms with van der Waals surface area (Å²) in [6, 6.07) is 4.95. The summed E-state index contributed by atoms with van der Waals surface area (Å²) in [7, 11) is 0. The Bertz CT molecular complexity index is 685. The van der Waals surface area contributed by atoms with Crippen LogP contribution in [0, 0.1) is 0 Å². The molecule has 1 aromatic rings. The molecule has 29 heavy (non-hydrogen) atoms. The van der Waals surface area contributed by atoms with Crippen LogP contribution in [0.4, 0.5) is 0 Å². The Morgan fingerprint density at radius 2 is 1.38 bits per heavy atom. The molecule has 0 saturated carbocycles. The first-order valence-electron chi connectivity index (χ1n) is 10.4. The van der Waals surface area contributed by atoms with Crippen LogP contribution in [0.25, 0.3) is 0 Å². The molecule has 2 fully saturated rings. The van der Waals surface area contributed by atoms with E-state index in [0.29, 0.717) is 48.3 Å². The highest BCUT2D eigenvalue weighted by molar-refractivity contribution is 6.42. The highest BCUT2D eigenvalue weighted by atomic mass is 35.5. The van der Waals surface area contributed by atoms with Crippen molar-refractivity contribution in [2.45, 2.75) is 20.8 Å². The minimum absolute atomic E-state index is 0.0461. The van der Waals surface area contributed by atoms with Crippen LogP contribution in [0.1, 0.15) is 31.1 Å². The number of hydrogen-bond acceptors (Lipinski definition) is 4. The molecule has 0 unspecified atom stereocenters. The Kier molecular flexibility index (Phi) is 9.69. The maximum atomic E-state index is 12.6. The average Bonchev–Trinajstić information content (AvgIpc) is 2.77. The summed E-state index contributed by atoms with van der Waals surface area (Å²) in [5.74, 6) is 0.144. The van der Waals surface area contributed by atoms with Gasteiger partial charge in [-0.3, -0.25) is 14.5 Å². The smallest absolute Gasteiger partial charge is 0.253 e. The van der Waals surface area contributed by atoms with E-state index in [0.717, 1.165) is 32.7 Å². The van der Waals surface area contributed by atoms with Gasteiger partial charge >= 0.3 is 0 Å². The van der Waals surface area contributed by atoms with Crippen molar-refractivity contribution >= 4 is 35.0 Å². The molecule has 2 saturated heterocycles. The third-order valence-electron chi connectivity index (χ3n) is 5.36. The summed E-state index contributed by atoms with van der Waals surface area (Å²) in [5.41, 5.74) is 0.544. The van der Waals surface area contributed by atoms with E-state index in [-0.39, 0.29) is 11.8 Å². The van der Waals surface area contributed by atoms with Crippen molar-refractivity contribution in [2.24, 2.45) is 0 Å². The fourth-order valence-corrected chi connectivity index (χ4v) is 3.82. The Hall–Kier alpha value is -1.34. The zero-order valence-electron chi connectivity index (χ0n) is 17.7. The Morgan fingerprint density at radius 1 is 0.828 bits per heavy atom. The number of benzene rings is 1.